The van der Waals surface area contributed by atoms with E-state index in [4.69, 9.17) is 0 Å². The van der Waals surface area contributed by atoms with Gasteiger partial charge >= 0.3 is 0 Å². The molecular weight excluding hydrogens is 144 g/mol. The largest absolute Gasteiger partial charge is 0.0758 e. The van der Waals surface area contributed by atoms with Crippen molar-refractivity contribution in [3.8, 4) is 0 Å². The van der Waals surface area contributed by atoms with Crippen LogP contribution in [0.15, 0.2) is 30.3 Å². The van der Waals surface area contributed by atoms with Gasteiger partial charge in [-0.05, 0) is 17.0 Å². The van der Waals surface area contributed by atoms with Crippen molar-refractivity contribution in [1.29, 1.82) is 0 Å². The molecule has 0 heteroatoms. The zero-order valence-electron chi connectivity index (χ0n) is 7.54. The Hall–Kier alpha value is -1.04. The maximum atomic E-state index is 2.28. The molecule has 0 bridgehead atoms. The molecule has 2 rings (SSSR count). The smallest absolute Gasteiger partial charge is 0.00838 e. The van der Waals surface area contributed by atoms with Crippen molar-refractivity contribution in [1.82, 2.24) is 0 Å². The fraction of sp³-hybridized carbons (Fsp3) is 0.250. The average Bonchev–Trinajstić information content (AvgIpc) is 2.47. The predicted molar refractivity (Wildman–Crippen MR) is 52.8 cm³/mol. The fourth-order valence-corrected chi connectivity index (χ4v) is 1.75. The summed E-state index contributed by atoms with van der Waals surface area (Å²) in [7, 11) is 0. The van der Waals surface area contributed by atoms with Crippen molar-refractivity contribution in [3.63, 3.8) is 0 Å². The van der Waals surface area contributed by atoms with E-state index >= 15 is 0 Å². The van der Waals surface area contributed by atoms with Gasteiger partial charge in [0.1, 0.15) is 0 Å². The minimum Gasteiger partial charge on any atom is -0.0758 e. The number of allylic oxidation sites excluding steroid dienone is 1. The topological polar surface area (TPSA) is 0 Å². The predicted octanol–water partition coefficient (Wildman–Crippen LogP) is 3.41. The van der Waals surface area contributed by atoms with Crippen molar-refractivity contribution in [3.05, 3.63) is 47.4 Å². The summed E-state index contributed by atoms with van der Waals surface area (Å²) in [6.07, 6.45) is 4.49. The van der Waals surface area contributed by atoms with Crippen LogP contribution in [0.2, 0.25) is 0 Å². The number of fused-ring (bicyclic) bond motifs is 1. The molecule has 1 aromatic carbocycles. The van der Waals surface area contributed by atoms with Gasteiger partial charge in [0.25, 0.3) is 0 Å². The van der Waals surface area contributed by atoms with Crippen LogP contribution in [-0.2, 0) is 0 Å². The molecule has 0 heterocycles. The standard InChI is InChI=1S/C12H13/c1-9(2)11-8-7-10-5-3-4-6-12(10)11/h3-8,11H,1-2H3. The number of rotatable bonds is 1. The van der Waals surface area contributed by atoms with Crippen LogP contribution in [0.1, 0.15) is 30.9 Å². The first-order chi connectivity index (χ1) is 5.79. The quantitative estimate of drug-likeness (QED) is 0.586. The summed E-state index contributed by atoms with van der Waals surface area (Å²) >= 11 is 0. The molecule has 1 aliphatic carbocycles. The third kappa shape index (κ3) is 1.08. The fourth-order valence-electron chi connectivity index (χ4n) is 1.75. The van der Waals surface area contributed by atoms with Gasteiger partial charge in [-0.15, -0.1) is 0 Å². The lowest BCUT2D eigenvalue weighted by Gasteiger charge is -2.13. The Balaban J connectivity index is 2.42. The molecule has 0 aromatic heterocycles. The van der Waals surface area contributed by atoms with Crippen LogP contribution in [-0.4, -0.2) is 0 Å². The molecule has 61 valence electrons. The second-order valence-corrected chi connectivity index (χ2v) is 3.54. The second-order valence-electron chi connectivity index (χ2n) is 3.54. The highest BCUT2D eigenvalue weighted by Crippen LogP contribution is 2.35. The molecule has 1 unspecified atom stereocenters. The highest BCUT2D eigenvalue weighted by molar-refractivity contribution is 5.63. The van der Waals surface area contributed by atoms with Crippen molar-refractivity contribution in [2.45, 2.75) is 19.8 Å². The van der Waals surface area contributed by atoms with Crippen molar-refractivity contribution in [2.75, 3.05) is 0 Å². The van der Waals surface area contributed by atoms with Gasteiger partial charge in [-0.25, -0.2) is 0 Å². The zero-order valence-corrected chi connectivity index (χ0v) is 7.54. The first kappa shape index (κ1) is 7.60. The molecular formula is C12H13. The molecule has 0 nitrogen and oxygen atoms in total. The maximum absolute atomic E-state index is 2.28. The molecule has 1 atom stereocenters. The van der Waals surface area contributed by atoms with Crippen molar-refractivity contribution >= 4 is 6.08 Å². The van der Waals surface area contributed by atoms with Crippen LogP contribution in [0.5, 0.6) is 0 Å². The molecule has 12 heavy (non-hydrogen) atoms. The average molecular weight is 157 g/mol. The van der Waals surface area contributed by atoms with Gasteiger partial charge < -0.3 is 0 Å². The summed E-state index contributed by atoms with van der Waals surface area (Å²) in [5, 5.41) is 0. The van der Waals surface area contributed by atoms with E-state index in [1.165, 1.54) is 17.0 Å². The lowest BCUT2D eigenvalue weighted by atomic mass is 9.90. The molecule has 0 fully saturated rings. The lowest BCUT2D eigenvalue weighted by molar-refractivity contribution is 0.860. The Bertz CT molecular complexity index is 308. The highest BCUT2D eigenvalue weighted by Gasteiger charge is 2.19. The number of benzene rings is 1. The van der Waals surface area contributed by atoms with Gasteiger partial charge in [-0.3, -0.25) is 0 Å². The van der Waals surface area contributed by atoms with Gasteiger partial charge in [0.2, 0.25) is 0 Å². The Morgan fingerprint density at radius 3 is 2.67 bits per heavy atom. The van der Waals surface area contributed by atoms with Crippen LogP contribution < -0.4 is 0 Å². The molecule has 0 amide bonds. The van der Waals surface area contributed by atoms with E-state index in [9.17, 15) is 0 Å². The third-order valence-corrected chi connectivity index (χ3v) is 2.42. The van der Waals surface area contributed by atoms with Gasteiger partial charge in [0, 0.05) is 5.92 Å². The van der Waals surface area contributed by atoms with Crippen LogP contribution in [0.3, 0.4) is 0 Å². The Labute approximate surface area is 73.9 Å². The molecule has 0 saturated heterocycles. The van der Waals surface area contributed by atoms with E-state index in [1.807, 2.05) is 0 Å². The van der Waals surface area contributed by atoms with E-state index in [1.54, 1.807) is 0 Å². The van der Waals surface area contributed by atoms with E-state index in [2.05, 4.69) is 50.3 Å². The molecule has 0 aliphatic heterocycles. The van der Waals surface area contributed by atoms with Crippen LogP contribution in [0.25, 0.3) is 6.08 Å². The summed E-state index contributed by atoms with van der Waals surface area (Å²) in [6, 6.07) is 8.60. The van der Waals surface area contributed by atoms with Crippen molar-refractivity contribution in [2.24, 2.45) is 0 Å². The second kappa shape index (κ2) is 2.78. The molecule has 1 aromatic rings. The Kier molecular flexibility index (Phi) is 1.76. The lowest BCUT2D eigenvalue weighted by Crippen LogP contribution is -1.98. The molecule has 1 aliphatic rings. The number of hydrogen-bond acceptors (Lipinski definition) is 0. The summed E-state index contributed by atoms with van der Waals surface area (Å²) in [6.45, 7) is 4.38. The summed E-state index contributed by atoms with van der Waals surface area (Å²) < 4.78 is 0. The normalized spacial score (nSPS) is 20.1. The highest BCUT2D eigenvalue weighted by atomic mass is 14.2. The van der Waals surface area contributed by atoms with Crippen LogP contribution >= 0.6 is 0 Å². The van der Waals surface area contributed by atoms with Crippen LogP contribution in [0, 0.1) is 5.92 Å². The van der Waals surface area contributed by atoms with E-state index < -0.39 is 0 Å². The minimum absolute atomic E-state index is 0.557. The molecule has 0 spiro atoms. The number of hydrogen-bond donors (Lipinski definition) is 0. The Morgan fingerprint density at radius 1 is 1.17 bits per heavy atom. The molecule has 0 N–H and O–H groups in total. The Morgan fingerprint density at radius 2 is 1.92 bits per heavy atom. The monoisotopic (exact) mass is 157 g/mol. The van der Waals surface area contributed by atoms with Gasteiger partial charge in [-0.1, -0.05) is 50.3 Å². The first-order valence-electron chi connectivity index (χ1n) is 4.36. The van der Waals surface area contributed by atoms with Crippen LogP contribution in [0.4, 0.5) is 0 Å². The van der Waals surface area contributed by atoms with Gasteiger partial charge in [-0.2, -0.15) is 0 Å². The van der Waals surface area contributed by atoms with Crippen molar-refractivity contribution < 1.29 is 0 Å². The van der Waals surface area contributed by atoms with E-state index in [-0.39, 0.29) is 0 Å². The third-order valence-electron chi connectivity index (χ3n) is 2.42. The SMILES string of the molecule is C[C](C)C1C=Cc2ccccc21. The molecule has 0 saturated carbocycles. The summed E-state index contributed by atoms with van der Waals surface area (Å²) in [5.41, 5.74) is 2.83. The first-order valence-corrected chi connectivity index (χ1v) is 4.36. The summed E-state index contributed by atoms with van der Waals surface area (Å²) in [5.74, 6) is 2.03. The van der Waals surface area contributed by atoms with E-state index in [0.717, 1.165) is 0 Å². The molecule has 1 radical (unpaired) electrons. The van der Waals surface area contributed by atoms with Gasteiger partial charge in [0.05, 0.1) is 0 Å². The minimum atomic E-state index is 0.557. The van der Waals surface area contributed by atoms with Gasteiger partial charge in [0.15, 0.2) is 0 Å². The zero-order chi connectivity index (χ0) is 8.55. The summed E-state index contributed by atoms with van der Waals surface area (Å²) in [4.78, 5) is 0. The maximum Gasteiger partial charge on any atom is 0.00838 e. The van der Waals surface area contributed by atoms with E-state index in [0.29, 0.717) is 5.92 Å².